The smallest absolute Gasteiger partial charge is 0.214 e. The van der Waals surface area contributed by atoms with Gasteiger partial charge in [0.25, 0.3) is 0 Å². The molecule has 0 aliphatic heterocycles. The molecule has 26 heavy (non-hydrogen) atoms. The maximum atomic E-state index is 11.5. The van der Waals surface area contributed by atoms with E-state index in [2.05, 4.69) is 4.98 Å². The van der Waals surface area contributed by atoms with Crippen molar-refractivity contribution in [1.29, 1.82) is 0 Å². The molecule has 0 aliphatic carbocycles. The monoisotopic (exact) mass is 355 g/mol. The van der Waals surface area contributed by atoms with Gasteiger partial charge in [-0.1, -0.05) is 0 Å². The Balaban J connectivity index is 2.43. The first-order valence-corrected chi connectivity index (χ1v) is 8.26. The van der Waals surface area contributed by atoms with Gasteiger partial charge < -0.3 is 26.0 Å². The highest BCUT2D eigenvalue weighted by molar-refractivity contribution is 5.83. The summed E-state index contributed by atoms with van der Waals surface area (Å²) in [7, 11) is 3.55. The number of carbonyl (C=O) groups is 1. The van der Waals surface area contributed by atoms with E-state index in [9.17, 15) is 4.79 Å². The summed E-state index contributed by atoms with van der Waals surface area (Å²) in [5.74, 6) is 0.688. The van der Waals surface area contributed by atoms with Crippen LogP contribution in [0.15, 0.2) is 36.8 Å². The van der Waals surface area contributed by atoms with Crippen LogP contribution < -0.4 is 26.0 Å². The fourth-order valence-corrected chi connectivity index (χ4v) is 2.78. The zero-order valence-corrected chi connectivity index (χ0v) is 15.3. The van der Waals surface area contributed by atoms with Crippen molar-refractivity contribution in [2.24, 2.45) is 5.73 Å². The Morgan fingerprint density at radius 3 is 2.65 bits per heavy atom. The van der Waals surface area contributed by atoms with Gasteiger partial charge in [0.1, 0.15) is 5.75 Å². The van der Waals surface area contributed by atoms with Gasteiger partial charge in [0.15, 0.2) is 0 Å². The fourth-order valence-electron chi connectivity index (χ4n) is 2.78. The van der Waals surface area contributed by atoms with E-state index in [1.165, 1.54) is 6.20 Å². The molecular weight excluding hydrogens is 330 g/mol. The molecular formula is C19H25N5O2. The fraction of sp³-hybridized carbons (Fsp3) is 0.263. The largest absolute Gasteiger partial charge is 0.497 e. The number of rotatable bonds is 8. The van der Waals surface area contributed by atoms with Gasteiger partial charge in [-0.05, 0) is 25.3 Å². The van der Waals surface area contributed by atoms with Crippen LogP contribution in [0.5, 0.6) is 5.75 Å². The molecule has 0 fully saturated rings. The van der Waals surface area contributed by atoms with E-state index >= 15 is 0 Å². The van der Waals surface area contributed by atoms with Gasteiger partial charge in [-0.3, -0.25) is 9.78 Å². The molecule has 2 rings (SSSR count). The lowest BCUT2D eigenvalue weighted by Crippen LogP contribution is -2.25. The van der Waals surface area contributed by atoms with Gasteiger partial charge in [0.2, 0.25) is 6.41 Å². The molecule has 0 saturated heterocycles. The second-order valence-corrected chi connectivity index (χ2v) is 5.81. The number of nitrogen functional groups attached to an aromatic ring is 1. The minimum absolute atomic E-state index is 0.533. The van der Waals surface area contributed by atoms with Crippen LogP contribution in [0.2, 0.25) is 0 Å². The van der Waals surface area contributed by atoms with Crippen molar-refractivity contribution in [2.75, 3.05) is 36.2 Å². The predicted molar refractivity (Wildman–Crippen MR) is 106 cm³/mol. The van der Waals surface area contributed by atoms with Crippen LogP contribution in [0.3, 0.4) is 0 Å². The standard InChI is InChI=1S/C19H25N5O2/c1-4-24(13-25)19-14(5-6-20)10-22-11-15(19)12-23(2)17-7-16(21)8-18(9-17)26-3/h5-11,13H,4,12,20-21H2,1-3H3/b6-5-. The second-order valence-electron chi connectivity index (χ2n) is 5.81. The third-order valence-electron chi connectivity index (χ3n) is 4.05. The summed E-state index contributed by atoms with van der Waals surface area (Å²) < 4.78 is 5.29. The van der Waals surface area contributed by atoms with Crippen molar-refractivity contribution in [3.8, 4) is 5.75 Å². The minimum atomic E-state index is 0.533. The molecule has 7 heteroatoms. The molecule has 4 N–H and O–H groups in total. The zero-order chi connectivity index (χ0) is 19.1. The Kier molecular flexibility index (Phi) is 6.43. The predicted octanol–water partition coefficient (Wildman–Crippen LogP) is 2.22. The first-order chi connectivity index (χ1) is 12.5. The van der Waals surface area contributed by atoms with Gasteiger partial charge in [0, 0.05) is 67.2 Å². The van der Waals surface area contributed by atoms with E-state index in [1.54, 1.807) is 36.5 Å². The molecule has 0 bridgehead atoms. The van der Waals surface area contributed by atoms with Crippen LogP contribution in [0.4, 0.5) is 17.1 Å². The molecule has 0 unspecified atom stereocenters. The molecule has 0 radical (unpaired) electrons. The van der Waals surface area contributed by atoms with Crippen LogP contribution in [0, 0.1) is 0 Å². The summed E-state index contributed by atoms with van der Waals surface area (Å²) >= 11 is 0. The average molecular weight is 355 g/mol. The lowest BCUT2D eigenvalue weighted by molar-refractivity contribution is -0.107. The van der Waals surface area contributed by atoms with E-state index in [0.717, 1.165) is 28.9 Å². The van der Waals surface area contributed by atoms with Crippen molar-refractivity contribution in [3.63, 3.8) is 0 Å². The Morgan fingerprint density at radius 2 is 2.04 bits per heavy atom. The Hall–Kier alpha value is -3.22. The van der Waals surface area contributed by atoms with Gasteiger partial charge in [-0.2, -0.15) is 0 Å². The number of anilines is 3. The van der Waals surface area contributed by atoms with E-state index in [-0.39, 0.29) is 0 Å². The molecule has 0 spiro atoms. The number of pyridine rings is 1. The summed E-state index contributed by atoms with van der Waals surface area (Å²) in [6.45, 7) is 2.99. The number of hydrogen-bond acceptors (Lipinski definition) is 6. The number of hydrogen-bond donors (Lipinski definition) is 2. The molecule has 138 valence electrons. The first-order valence-electron chi connectivity index (χ1n) is 8.26. The summed E-state index contributed by atoms with van der Waals surface area (Å²) in [5, 5.41) is 0. The Morgan fingerprint density at radius 1 is 1.27 bits per heavy atom. The highest BCUT2D eigenvalue weighted by Gasteiger charge is 2.16. The van der Waals surface area contributed by atoms with Crippen LogP contribution >= 0.6 is 0 Å². The van der Waals surface area contributed by atoms with Crippen molar-refractivity contribution in [1.82, 2.24) is 4.98 Å². The van der Waals surface area contributed by atoms with Crippen molar-refractivity contribution >= 4 is 29.5 Å². The van der Waals surface area contributed by atoms with Crippen LogP contribution in [0.25, 0.3) is 6.08 Å². The molecule has 2 aromatic rings. The molecule has 1 amide bonds. The minimum Gasteiger partial charge on any atom is -0.497 e. The van der Waals surface area contributed by atoms with E-state index in [1.807, 2.05) is 31.0 Å². The van der Waals surface area contributed by atoms with Crippen molar-refractivity contribution in [2.45, 2.75) is 13.5 Å². The summed E-state index contributed by atoms with van der Waals surface area (Å²) in [4.78, 5) is 19.5. The van der Waals surface area contributed by atoms with Gasteiger partial charge in [0.05, 0.1) is 12.8 Å². The quantitative estimate of drug-likeness (QED) is 0.557. The Labute approximate surface area is 153 Å². The first kappa shape index (κ1) is 19.1. The number of aromatic nitrogens is 1. The number of carbonyl (C=O) groups excluding carboxylic acids is 1. The number of ether oxygens (including phenoxy) is 1. The van der Waals surface area contributed by atoms with Crippen LogP contribution in [-0.4, -0.2) is 32.1 Å². The lowest BCUT2D eigenvalue weighted by Gasteiger charge is -2.26. The molecule has 1 heterocycles. The highest BCUT2D eigenvalue weighted by Crippen LogP contribution is 2.29. The third-order valence-corrected chi connectivity index (χ3v) is 4.05. The normalized spacial score (nSPS) is 10.7. The second kappa shape index (κ2) is 8.75. The molecule has 1 aromatic heterocycles. The topological polar surface area (TPSA) is 97.7 Å². The molecule has 0 saturated carbocycles. The summed E-state index contributed by atoms with van der Waals surface area (Å²) in [5.41, 5.74) is 15.5. The number of benzene rings is 1. The number of nitrogens with zero attached hydrogens (tertiary/aromatic N) is 3. The molecule has 0 aliphatic rings. The third kappa shape index (κ3) is 4.24. The van der Waals surface area contributed by atoms with Gasteiger partial charge >= 0.3 is 0 Å². The van der Waals surface area contributed by atoms with E-state index in [0.29, 0.717) is 24.5 Å². The maximum absolute atomic E-state index is 11.5. The number of amides is 1. The van der Waals surface area contributed by atoms with E-state index < -0.39 is 0 Å². The van der Waals surface area contributed by atoms with Crippen LogP contribution in [-0.2, 0) is 11.3 Å². The van der Waals surface area contributed by atoms with Gasteiger partial charge in [-0.25, -0.2) is 0 Å². The van der Waals surface area contributed by atoms with E-state index in [4.69, 9.17) is 16.2 Å². The number of methoxy groups -OCH3 is 1. The average Bonchev–Trinajstić information content (AvgIpc) is 2.64. The summed E-state index contributed by atoms with van der Waals surface area (Å²) in [6.07, 6.45) is 7.44. The van der Waals surface area contributed by atoms with Crippen molar-refractivity contribution in [3.05, 3.63) is 47.9 Å². The maximum Gasteiger partial charge on any atom is 0.214 e. The zero-order valence-electron chi connectivity index (χ0n) is 15.3. The SMILES string of the molecule is CCN(C=O)c1c(/C=C\N)cncc1CN(C)c1cc(N)cc(OC)c1. The Bertz CT molecular complexity index is 791. The van der Waals surface area contributed by atoms with Gasteiger partial charge in [-0.15, -0.1) is 0 Å². The molecule has 0 atom stereocenters. The highest BCUT2D eigenvalue weighted by atomic mass is 16.5. The summed E-state index contributed by atoms with van der Waals surface area (Å²) in [6, 6.07) is 5.54. The lowest BCUT2D eigenvalue weighted by atomic mass is 10.1. The number of nitrogens with two attached hydrogens (primary N) is 2. The van der Waals surface area contributed by atoms with Crippen LogP contribution in [0.1, 0.15) is 18.1 Å². The van der Waals surface area contributed by atoms with Crippen molar-refractivity contribution < 1.29 is 9.53 Å². The molecule has 7 nitrogen and oxygen atoms in total. The molecule has 1 aromatic carbocycles.